The smallest absolute Gasteiger partial charge is 0.408 e. The van der Waals surface area contributed by atoms with Gasteiger partial charge in [0.05, 0.1) is 6.54 Å². The fourth-order valence-corrected chi connectivity index (χ4v) is 3.04. The van der Waals surface area contributed by atoms with Crippen LogP contribution < -0.4 is 10.6 Å². The van der Waals surface area contributed by atoms with Crippen LogP contribution in [0, 0.1) is 0 Å². The quantitative estimate of drug-likeness (QED) is 0.840. The van der Waals surface area contributed by atoms with Gasteiger partial charge in [-0.1, -0.05) is 19.3 Å². The molecule has 0 bridgehead atoms. The molecule has 2 rings (SSSR count). The number of likely N-dealkylation sites (N-methyl/N-ethyl adjacent to an activating group) is 1. The van der Waals surface area contributed by atoms with Gasteiger partial charge in [0.15, 0.2) is 0 Å². The molecule has 0 aromatic carbocycles. The fourth-order valence-electron chi connectivity index (χ4n) is 3.04. The monoisotopic (exact) mass is 310 g/mol. The molecule has 1 unspecified atom stereocenters. The Balaban J connectivity index is 1.95. The zero-order valence-corrected chi connectivity index (χ0v) is 14.3. The third-order valence-corrected chi connectivity index (χ3v) is 3.98. The summed E-state index contributed by atoms with van der Waals surface area (Å²) in [4.78, 5) is 12.0. The highest BCUT2D eigenvalue weighted by Gasteiger charge is 2.33. The Kier molecular flexibility index (Phi) is 5.53. The first-order valence-corrected chi connectivity index (χ1v) is 8.47. The van der Waals surface area contributed by atoms with Crippen molar-refractivity contribution in [3.05, 3.63) is 0 Å². The molecule has 1 amide bonds. The highest BCUT2D eigenvalue weighted by molar-refractivity contribution is 5.91. The van der Waals surface area contributed by atoms with E-state index in [1.54, 1.807) is 0 Å². The minimum absolute atomic E-state index is 0.114. The number of alkyl carbamates (subject to hydrolysis) is 1. The second kappa shape index (κ2) is 7.20. The summed E-state index contributed by atoms with van der Waals surface area (Å²) in [5, 5.41) is 13.1. The van der Waals surface area contributed by atoms with Gasteiger partial charge in [0, 0.05) is 12.6 Å². The third-order valence-electron chi connectivity index (χ3n) is 3.98. The lowest BCUT2D eigenvalue weighted by atomic mass is 9.95. The van der Waals surface area contributed by atoms with Crippen molar-refractivity contribution in [2.24, 2.45) is 5.10 Å². The zero-order chi connectivity index (χ0) is 16.2. The number of amides is 1. The number of nitrogens with one attached hydrogen (secondary N) is 2. The van der Waals surface area contributed by atoms with Crippen LogP contribution in [-0.2, 0) is 4.74 Å². The van der Waals surface area contributed by atoms with Crippen molar-refractivity contribution >= 4 is 11.9 Å². The average Bonchev–Trinajstić information content (AvgIpc) is 2.81. The number of nitrogens with zero attached hydrogens (tertiary/aromatic N) is 2. The lowest BCUT2D eigenvalue weighted by Crippen LogP contribution is -2.49. The Bertz CT molecular complexity index is 411. The summed E-state index contributed by atoms with van der Waals surface area (Å²) >= 11 is 0. The molecule has 1 atom stereocenters. The fraction of sp³-hybridized carbons (Fsp3) is 0.875. The van der Waals surface area contributed by atoms with Crippen LogP contribution >= 0.6 is 0 Å². The lowest BCUT2D eigenvalue weighted by Gasteiger charge is -2.30. The highest BCUT2D eigenvalue weighted by atomic mass is 16.6. The van der Waals surface area contributed by atoms with Crippen LogP contribution in [0.2, 0.25) is 0 Å². The van der Waals surface area contributed by atoms with E-state index >= 15 is 0 Å². The zero-order valence-electron chi connectivity index (χ0n) is 14.3. The first kappa shape index (κ1) is 16.9. The van der Waals surface area contributed by atoms with E-state index in [2.05, 4.69) is 15.6 Å². The maximum atomic E-state index is 12.0. The van der Waals surface area contributed by atoms with Gasteiger partial charge in [-0.25, -0.2) is 4.79 Å². The van der Waals surface area contributed by atoms with Gasteiger partial charge in [-0.3, -0.25) is 5.01 Å². The molecule has 2 aliphatic rings. The van der Waals surface area contributed by atoms with E-state index in [-0.39, 0.29) is 12.1 Å². The Hall–Kier alpha value is -1.46. The Morgan fingerprint density at radius 1 is 1.32 bits per heavy atom. The van der Waals surface area contributed by atoms with Crippen molar-refractivity contribution in [2.45, 2.75) is 77.5 Å². The van der Waals surface area contributed by atoms with Gasteiger partial charge in [-0.2, -0.15) is 5.10 Å². The van der Waals surface area contributed by atoms with Crippen molar-refractivity contribution in [2.75, 3.05) is 13.1 Å². The van der Waals surface area contributed by atoms with Gasteiger partial charge >= 0.3 is 6.09 Å². The van der Waals surface area contributed by atoms with Crippen molar-refractivity contribution in [3.63, 3.8) is 0 Å². The molecule has 0 radical (unpaired) electrons. The SMILES string of the molecule is CCNC1=NN(C2CCCCC2)CC1NC(=O)OC(C)(C)C. The number of hydrogen-bond donors (Lipinski definition) is 2. The predicted molar refractivity (Wildman–Crippen MR) is 87.8 cm³/mol. The average molecular weight is 310 g/mol. The summed E-state index contributed by atoms with van der Waals surface area (Å²) in [6.07, 6.45) is 5.89. The highest BCUT2D eigenvalue weighted by Crippen LogP contribution is 2.25. The van der Waals surface area contributed by atoms with E-state index in [0.29, 0.717) is 6.04 Å². The van der Waals surface area contributed by atoms with Crippen molar-refractivity contribution in [3.8, 4) is 0 Å². The van der Waals surface area contributed by atoms with Gasteiger partial charge < -0.3 is 15.4 Å². The number of carbonyl (C=O) groups is 1. The Morgan fingerprint density at radius 3 is 2.59 bits per heavy atom. The third kappa shape index (κ3) is 4.78. The largest absolute Gasteiger partial charge is 0.444 e. The molecular weight excluding hydrogens is 280 g/mol. The van der Waals surface area contributed by atoms with Crippen LogP contribution in [-0.4, -0.2) is 47.7 Å². The molecule has 6 nitrogen and oxygen atoms in total. The van der Waals surface area contributed by atoms with Crippen LogP contribution in [0.5, 0.6) is 0 Å². The molecule has 0 aromatic rings. The van der Waals surface area contributed by atoms with E-state index in [9.17, 15) is 4.79 Å². The van der Waals surface area contributed by atoms with Crippen molar-refractivity contribution in [1.82, 2.24) is 15.6 Å². The number of amidine groups is 1. The maximum absolute atomic E-state index is 12.0. The number of carbonyl (C=O) groups excluding carboxylic acids is 1. The summed E-state index contributed by atoms with van der Waals surface area (Å²) < 4.78 is 5.36. The predicted octanol–water partition coefficient (Wildman–Crippen LogP) is 2.45. The summed E-state index contributed by atoms with van der Waals surface area (Å²) in [5.41, 5.74) is -0.485. The number of hydrogen-bond acceptors (Lipinski definition) is 5. The van der Waals surface area contributed by atoms with E-state index < -0.39 is 5.60 Å². The molecule has 6 heteroatoms. The molecule has 2 N–H and O–H groups in total. The molecule has 22 heavy (non-hydrogen) atoms. The first-order chi connectivity index (χ1) is 10.4. The summed E-state index contributed by atoms with van der Waals surface area (Å²) in [7, 11) is 0. The van der Waals surface area contributed by atoms with Crippen molar-refractivity contribution < 1.29 is 9.53 Å². The molecule has 1 saturated carbocycles. The molecule has 0 spiro atoms. The Labute approximate surface area is 133 Å². The van der Waals surface area contributed by atoms with Gasteiger partial charge in [-0.15, -0.1) is 0 Å². The Morgan fingerprint density at radius 2 is 2.00 bits per heavy atom. The first-order valence-electron chi connectivity index (χ1n) is 8.47. The van der Waals surface area contributed by atoms with Crippen LogP contribution in [0.1, 0.15) is 59.8 Å². The molecule has 1 fully saturated rings. The standard InChI is InChI=1S/C16H30N4O2/c1-5-17-14-13(18-15(21)22-16(2,3)4)11-20(19-14)12-9-7-6-8-10-12/h12-13H,5-11H2,1-4H3,(H,17,19)(H,18,21). The lowest BCUT2D eigenvalue weighted by molar-refractivity contribution is 0.0509. The van der Waals surface area contributed by atoms with E-state index in [4.69, 9.17) is 9.84 Å². The van der Waals surface area contributed by atoms with Crippen molar-refractivity contribution in [1.29, 1.82) is 0 Å². The normalized spacial score (nSPS) is 23.2. The maximum Gasteiger partial charge on any atom is 0.408 e. The van der Waals surface area contributed by atoms with Crippen LogP contribution in [0.15, 0.2) is 5.10 Å². The molecular formula is C16H30N4O2. The summed E-state index contributed by atoms with van der Waals surface area (Å²) in [6, 6.07) is 0.393. The number of hydrazone groups is 1. The number of rotatable bonds is 3. The van der Waals surface area contributed by atoms with Crippen LogP contribution in [0.3, 0.4) is 0 Å². The topological polar surface area (TPSA) is 66.0 Å². The molecule has 0 saturated heterocycles. The van der Waals surface area contributed by atoms with Crippen LogP contribution in [0.25, 0.3) is 0 Å². The van der Waals surface area contributed by atoms with Gasteiger partial charge in [-0.05, 0) is 40.5 Å². The summed E-state index contributed by atoms with van der Waals surface area (Å²) in [5.74, 6) is 0.846. The van der Waals surface area contributed by atoms with E-state index in [1.807, 2.05) is 27.7 Å². The molecule has 1 aliphatic carbocycles. The van der Waals surface area contributed by atoms with Gasteiger partial charge in [0.2, 0.25) is 0 Å². The van der Waals surface area contributed by atoms with Crippen LogP contribution in [0.4, 0.5) is 4.79 Å². The van der Waals surface area contributed by atoms with E-state index in [1.165, 1.54) is 32.1 Å². The van der Waals surface area contributed by atoms with Gasteiger partial charge in [0.25, 0.3) is 0 Å². The molecule has 1 aliphatic heterocycles. The molecule has 126 valence electrons. The molecule has 0 aromatic heterocycles. The second-order valence-electron chi connectivity index (χ2n) is 7.13. The minimum Gasteiger partial charge on any atom is -0.444 e. The number of ether oxygens (including phenoxy) is 1. The molecule has 1 heterocycles. The minimum atomic E-state index is -0.485. The summed E-state index contributed by atoms with van der Waals surface area (Å²) in [6.45, 7) is 9.17. The van der Waals surface area contributed by atoms with Gasteiger partial charge in [0.1, 0.15) is 17.5 Å². The van der Waals surface area contributed by atoms with E-state index in [0.717, 1.165) is 18.9 Å². The second-order valence-corrected chi connectivity index (χ2v) is 7.13.